The molecule has 1 aliphatic rings. The summed E-state index contributed by atoms with van der Waals surface area (Å²) in [7, 11) is 3.97. The number of amides is 2. The monoisotopic (exact) mass is 339 g/mol. The molecule has 126 valence electrons. The molecule has 0 spiro atoms. The molecule has 1 aromatic rings. The zero-order valence-electron chi connectivity index (χ0n) is 13.4. The van der Waals surface area contributed by atoms with Gasteiger partial charge in [-0.2, -0.15) is 0 Å². The standard InChI is InChI=1S/C16H22ClN3O3/c1-19(2)6-3-7-20-10-11(8-15(20)22)16(23)18-13-9-12(17)4-5-14(13)21/h4-5,9,11,21H,3,6-8,10H2,1-2H3,(H,18,23). The van der Waals surface area contributed by atoms with E-state index in [0.29, 0.717) is 18.1 Å². The molecule has 6 nitrogen and oxygen atoms in total. The summed E-state index contributed by atoms with van der Waals surface area (Å²) in [6, 6.07) is 4.45. The van der Waals surface area contributed by atoms with Gasteiger partial charge in [0.25, 0.3) is 0 Å². The van der Waals surface area contributed by atoms with Crippen LogP contribution in [0.3, 0.4) is 0 Å². The third-order valence-corrected chi connectivity index (χ3v) is 4.07. The third-order valence-electron chi connectivity index (χ3n) is 3.84. The molecule has 1 aromatic carbocycles. The number of phenolic OH excluding ortho intramolecular Hbond substituents is 1. The summed E-state index contributed by atoms with van der Waals surface area (Å²) in [5, 5.41) is 12.8. The SMILES string of the molecule is CN(C)CCCN1CC(C(=O)Nc2cc(Cl)ccc2O)CC1=O. The predicted octanol–water partition coefficient (Wildman–Crippen LogP) is 1.78. The van der Waals surface area contributed by atoms with Gasteiger partial charge < -0.3 is 20.2 Å². The van der Waals surface area contributed by atoms with Gasteiger partial charge in [0.15, 0.2) is 0 Å². The van der Waals surface area contributed by atoms with Crippen molar-refractivity contribution >= 4 is 29.1 Å². The van der Waals surface area contributed by atoms with Gasteiger partial charge in [-0.05, 0) is 45.3 Å². The highest BCUT2D eigenvalue weighted by molar-refractivity contribution is 6.31. The Morgan fingerprint density at radius 1 is 1.48 bits per heavy atom. The Labute approximate surface area is 141 Å². The maximum atomic E-state index is 12.3. The van der Waals surface area contributed by atoms with Crippen LogP contribution in [0.25, 0.3) is 0 Å². The van der Waals surface area contributed by atoms with E-state index in [0.717, 1.165) is 13.0 Å². The average Bonchev–Trinajstić information content (AvgIpc) is 2.84. The number of aromatic hydroxyl groups is 1. The molecular weight excluding hydrogens is 318 g/mol. The van der Waals surface area contributed by atoms with Crippen molar-refractivity contribution in [2.45, 2.75) is 12.8 Å². The van der Waals surface area contributed by atoms with Crippen molar-refractivity contribution in [1.82, 2.24) is 9.80 Å². The summed E-state index contributed by atoms with van der Waals surface area (Å²) in [4.78, 5) is 28.1. The predicted molar refractivity (Wildman–Crippen MR) is 89.6 cm³/mol. The molecule has 2 N–H and O–H groups in total. The van der Waals surface area contributed by atoms with Crippen LogP contribution in [-0.4, -0.2) is 60.5 Å². The number of halogens is 1. The Balaban J connectivity index is 1.91. The summed E-state index contributed by atoms with van der Waals surface area (Å²) in [6.45, 7) is 1.97. The summed E-state index contributed by atoms with van der Waals surface area (Å²) in [5.41, 5.74) is 0.265. The molecule has 23 heavy (non-hydrogen) atoms. The third kappa shape index (κ3) is 4.84. The van der Waals surface area contributed by atoms with Gasteiger partial charge in [-0.3, -0.25) is 9.59 Å². The lowest BCUT2D eigenvalue weighted by Crippen LogP contribution is -2.30. The van der Waals surface area contributed by atoms with E-state index in [1.54, 1.807) is 4.90 Å². The van der Waals surface area contributed by atoms with Crippen molar-refractivity contribution in [3.8, 4) is 5.75 Å². The quantitative estimate of drug-likeness (QED) is 0.775. The van der Waals surface area contributed by atoms with Gasteiger partial charge in [0.1, 0.15) is 5.75 Å². The van der Waals surface area contributed by atoms with E-state index in [1.807, 2.05) is 14.1 Å². The summed E-state index contributed by atoms with van der Waals surface area (Å²) in [6.07, 6.45) is 1.08. The Morgan fingerprint density at radius 3 is 2.91 bits per heavy atom. The smallest absolute Gasteiger partial charge is 0.229 e. The second kappa shape index (κ2) is 7.66. The lowest BCUT2D eigenvalue weighted by Gasteiger charge is -2.18. The van der Waals surface area contributed by atoms with Gasteiger partial charge >= 0.3 is 0 Å². The fourth-order valence-electron chi connectivity index (χ4n) is 2.58. The normalized spacial score (nSPS) is 17.8. The average molecular weight is 340 g/mol. The van der Waals surface area contributed by atoms with Crippen LogP contribution >= 0.6 is 11.6 Å². The number of nitrogens with zero attached hydrogens (tertiary/aromatic N) is 2. The second-order valence-electron chi connectivity index (χ2n) is 6.05. The van der Waals surface area contributed by atoms with Crippen LogP contribution in [0.1, 0.15) is 12.8 Å². The first-order valence-electron chi connectivity index (χ1n) is 7.58. The Kier molecular flexibility index (Phi) is 5.85. The molecule has 0 saturated carbocycles. The highest BCUT2D eigenvalue weighted by atomic mass is 35.5. The minimum Gasteiger partial charge on any atom is -0.506 e. The number of rotatable bonds is 6. The van der Waals surface area contributed by atoms with Crippen LogP contribution in [0, 0.1) is 5.92 Å². The maximum absolute atomic E-state index is 12.3. The number of phenols is 1. The number of hydrogen-bond donors (Lipinski definition) is 2. The number of hydrogen-bond acceptors (Lipinski definition) is 4. The Bertz CT molecular complexity index is 592. The number of nitrogens with one attached hydrogen (secondary N) is 1. The topological polar surface area (TPSA) is 72.9 Å². The van der Waals surface area contributed by atoms with E-state index in [4.69, 9.17) is 11.6 Å². The fraction of sp³-hybridized carbons (Fsp3) is 0.500. The van der Waals surface area contributed by atoms with E-state index in [2.05, 4.69) is 10.2 Å². The highest BCUT2D eigenvalue weighted by Gasteiger charge is 2.34. The van der Waals surface area contributed by atoms with Crippen LogP contribution in [0.4, 0.5) is 5.69 Å². The van der Waals surface area contributed by atoms with Gasteiger partial charge in [0, 0.05) is 24.5 Å². The molecule has 1 fully saturated rings. The van der Waals surface area contributed by atoms with Crippen molar-refractivity contribution in [1.29, 1.82) is 0 Å². The van der Waals surface area contributed by atoms with E-state index in [9.17, 15) is 14.7 Å². The van der Waals surface area contributed by atoms with Crippen LogP contribution < -0.4 is 5.32 Å². The zero-order valence-corrected chi connectivity index (χ0v) is 14.1. The van der Waals surface area contributed by atoms with E-state index >= 15 is 0 Å². The Hall–Kier alpha value is -1.79. The number of carbonyl (C=O) groups is 2. The largest absolute Gasteiger partial charge is 0.506 e. The maximum Gasteiger partial charge on any atom is 0.229 e. The van der Waals surface area contributed by atoms with Gasteiger partial charge in [-0.15, -0.1) is 0 Å². The summed E-state index contributed by atoms with van der Waals surface area (Å²) in [5.74, 6) is -0.722. The van der Waals surface area contributed by atoms with Crippen molar-refractivity contribution in [3.05, 3.63) is 23.2 Å². The molecule has 1 aliphatic heterocycles. The number of likely N-dealkylation sites (tertiary alicyclic amines) is 1. The van der Waals surface area contributed by atoms with Crippen molar-refractivity contribution in [2.75, 3.05) is 39.0 Å². The lowest BCUT2D eigenvalue weighted by molar-refractivity contribution is -0.128. The zero-order chi connectivity index (χ0) is 17.0. The molecule has 0 radical (unpaired) electrons. The van der Waals surface area contributed by atoms with E-state index < -0.39 is 5.92 Å². The molecule has 1 unspecified atom stereocenters. The molecule has 0 bridgehead atoms. The first kappa shape index (κ1) is 17.6. The highest BCUT2D eigenvalue weighted by Crippen LogP contribution is 2.28. The molecule has 1 atom stereocenters. The molecule has 0 aromatic heterocycles. The number of anilines is 1. The molecule has 2 rings (SSSR count). The molecule has 2 amide bonds. The minimum atomic E-state index is -0.403. The number of carbonyl (C=O) groups excluding carboxylic acids is 2. The van der Waals surface area contributed by atoms with Gasteiger partial charge in [-0.1, -0.05) is 11.6 Å². The molecule has 1 saturated heterocycles. The first-order chi connectivity index (χ1) is 10.9. The summed E-state index contributed by atoms with van der Waals surface area (Å²) >= 11 is 5.86. The van der Waals surface area contributed by atoms with Gasteiger partial charge in [0.2, 0.25) is 11.8 Å². The lowest BCUT2D eigenvalue weighted by atomic mass is 10.1. The van der Waals surface area contributed by atoms with E-state index in [-0.39, 0.29) is 29.7 Å². The van der Waals surface area contributed by atoms with Gasteiger partial charge in [0.05, 0.1) is 11.6 Å². The fourth-order valence-corrected chi connectivity index (χ4v) is 2.76. The minimum absolute atomic E-state index is 0.000720. The second-order valence-corrected chi connectivity index (χ2v) is 6.48. The molecular formula is C16H22ClN3O3. The van der Waals surface area contributed by atoms with Crippen molar-refractivity contribution in [3.63, 3.8) is 0 Å². The van der Waals surface area contributed by atoms with Crippen LogP contribution in [-0.2, 0) is 9.59 Å². The Morgan fingerprint density at radius 2 is 2.22 bits per heavy atom. The first-order valence-corrected chi connectivity index (χ1v) is 7.96. The molecule has 0 aliphatic carbocycles. The summed E-state index contributed by atoms with van der Waals surface area (Å²) < 4.78 is 0. The van der Waals surface area contributed by atoms with Crippen molar-refractivity contribution in [2.24, 2.45) is 5.92 Å². The number of benzene rings is 1. The molecule has 1 heterocycles. The van der Waals surface area contributed by atoms with Crippen molar-refractivity contribution < 1.29 is 14.7 Å². The van der Waals surface area contributed by atoms with Crippen LogP contribution in [0.15, 0.2) is 18.2 Å². The molecule has 7 heteroatoms. The van der Waals surface area contributed by atoms with E-state index in [1.165, 1.54) is 18.2 Å². The van der Waals surface area contributed by atoms with Crippen LogP contribution in [0.2, 0.25) is 5.02 Å². The van der Waals surface area contributed by atoms with Gasteiger partial charge in [-0.25, -0.2) is 0 Å². The van der Waals surface area contributed by atoms with Crippen LogP contribution in [0.5, 0.6) is 5.75 Å².